The standard InChI is InChI=1S/C16H24ClN3O2/c1-16(8-3-10-22-16)12-20-15(18-2)19-9-11-21-14-6-4-13(17)5-7-14/h4-7H,3,8-12H2,1-2H3,(H2,18,19,20). The highest BCUT2D eigenvalue weighted by Gasteiger charge is 2.29. The van der Waals surface area contributed by atoms with E-state index in [1.807, 2.05) is 24.3 Å². The highest BCUT2D eigenvalue weighted by molar-refractivity contribution is 6.30. The number of hydrogen-bond acceptors (Lipinski definition) is 3. The van der Waals surface area contributed by atoms with Gasteiger partial charge in [-0.3, -0.25) is 4.99 Å². The van der Waals surface area contributed by atoms with Crippen LogP contribution in [0.3, 0.4) is 0 Å². The van der Waals surface area contributed by atoms with E-state index in [9.17, 15) is 0 Å². The fourth-order valence-electron chi connectivity index (χ4n) is 2.34. The van der Waals surface area contributed by atoms with Crippen LogP contribution >= 0.6 is 11.6 Å². The minimum atomic E-state index is -0.0859. The van der Waals surface area contributed by atoms with Gasteiger partial charge in [0.1, 0.15) is 12.4 Å². The maximum atomic E-state index is 5.83. The second-order valence-corrected chi connectivity index (χ2v) is 5.99. The van der Waals surface area contributed by atoms with Crippen LogP contribution in [0.1, 0.15) is 19.8 Å². The summed E-state index contributed by atoms with van der Waals surface area (Å²) in [5.41, 5.74) is -0.0859. The lowest BCUT2D eigenvalue weighted by Crippen LogP contribution is -2.46. The molecule has 0 aromatic heterocycles. The summed E-state index contributed by atoms with van der Waals surface area (Å²) in [6.45, 7) is 4.95. The minimum absolute atomic E-state index is 0.0859. The topological polar surface area (TPSA) is 54.9 Å². The third-order valence-corrected chi connectivity index (χ3v) is 3.88. The molecule has 2 rings (SSSR count). The van der Waals surface area contributed by atoms with Gasteiger partial charge in [0.05, 0.1) is 12.1 Å². The summed E-state index contributed by atoms with van der Waals surface area (Å²) in [6.07, 6.45) is 2.20. The highest BCUT2D eigenvalue weighted by Crippen LogP contribution is 2.23. The fraction of sp³-hybridized carbons (Fsp3) is 0.562. The van der Waals surface area contributed by atoms with Crippen molar-refractivity contribution in [1.29, 1.82) is 0 Å². The van der Waals surface area contributed by atoms with Gasteiger partial charge in [0.15, 0.2) is 5.96 Å². The van der Waals surface area contributed by atoms with Gasteiger partial charge >= 0.3 is 0 Å². The van der Waals surface area contributed by atoms with Crippen LogP contribution in [0.5, 0.6) is 5.75 Å². The molecule has 0 radical (unpaired) electrons. The number of guanidine groups is 1. The second kappa shape index (κ2) is 8.25. The summed E-state index contributed by atoms with van der Waals surface area (Å²) in [5.74, 6) is 1.57. The third-order valence-electron chi connectivity index (χ3n) is 3.63. The molecule has 1 unspecified atom stereocenters. The summed E-state index contributed by atoms with van der Waals surface area (Å²) in [7, 11) is 1.76. The molecule has 0 spiro atoms. The first kappa shape index (κ1) is 16.9. The van der Waals surface area contributed by atoms with Crippen LogP contribution in [0, 0.1) is 0 Å². The Morgan fingerprint density at radius 3 is 2.77 bits per heavy atom. The molecule has 2 N–H and O–H groups in total. The molecular formula is C16H24ClN3O2. The Balaban J connectivity index is 1.65. The molecular weight excluding hydrogens is 302 g/mol. The Morgan fingerprint density at radius 1 is 1.36 bits per heavy atom. The Hall–Kier alpha value is -1.46. The first-order chi connectivity index (χ1) is 10.6. The lowest BCUT2D eigenvalue weighted by Gasteiger charge is -2.24. The average molecular weight is 326 g/mol. The van der Waals surface area contributed by atoms with Crippen LogP contribution in [-0.2, 0) is 4.74 Å². The third kappa shape index (κ3) is 5.39. The van der Waals surface area contributed by atoms with E-state index in [1.165, 1.54) is 0 Å². The molecule has 1 atom stereocenters. The average Bonchev–Trinajstić information content (AvgIpc) is 2.95. The van der Waals surface area contributed by atoms with E-state index in [1.54, 1.807) is 7.05 Å². The molecule has 0 aliphatic carbocycles. The first-order valence-electron chi connectivity index (χ1n) is 7.58. The molecule has 122 valence electrons. The van der Waals surface area contributed by atoms with Crippen LogP contribution in [0.4, 0.5) is 0 Å². The van der Waals surface area contributed by atoms with Crippen LogP contribution in [0.2, 0.25) is 5.02 Å². The number of nitrogens with zero attached hydrogens (tertiary/aromatic N) is 1. The molecule has 1 aliphatic rings. The van der Waals surface area contributed by atoms with Crippen molar-refractivity contribution >= 4 is 17.6 Å². The second-order valence-electron chi connectivity index (χ2n) is 5.56. The smallest absolute Gasteiger partial charge is 0.191 e. The maximum Gasteiger partial charge on any atom is 0.191 e. The molecule has 0 amide bonds. The van der Waals surface area contributed by atoms with Gasteiger partial charge in [0.2, 0.25) is 0 Å². The van der Waals surface area contributed by atoms with E-state index in [0.29, 0.717) is 18.2 Å². The molecule has 1 aromatic rings. The number of nitrogens with one attached hydrogen (secondary N) is 2. The SMILES string of the molecule is CN=C(NCCOc1ccc(Cl)cc1)NCC1(C)CCCO1. The Bertz CT molecular complexity index is 485. The van der Waals surface area contributed by atoms with Crippen molar-refractivity contribution in [1.82, 2.24) is 10.6 Å². The number of rotatable bonds is 6. The van der Waals surface area contributed by atoms with Gasteiger partial charge in [-0.1, -0.05) is 11.6 Å². The number of hydrogen-bond donors (Lipinski definition) is 2. The summed E-state index contributed by atoms with van der Waals surface area (Å²) in [4.78, 5) is 4.20. The molecule has 1 aliphatic heterocycles. The molecule has 0 saturated carbocycles. The maximum absolute atomic E-state index is 5.83. The van der Waals surface area contributed by atoms with Crippen molar-refractivity contribution in [2.24, 2.45) is 4.99 Å². The normalized spacial score (nSPS) is 21.7. The molecule has 1 heterocycles. The lowest BCUT2D eigenvalue weighted by molar-refractivity contribution is 0.0243. The van der Waals surface area contributed by atoms with Crippen molar-refractivity contribution < 1.29 is 9.47 Å². The largest absolute Gasteiger partial charge is 0.492 e. The molecule has 1 saturated heterocycles. The summed E-state index contributed by atoms with van der Waals surface area (Å²) in [5, 5.41) is 7.23. The van der Waals surface area contributed by atoms with Crippen LogP contribution in [0.25, 0.3) is 0 Å². The lowest BCUT2D eigenvalue weighted by atomic mass is 10.0. The number of halogens is 1. The number of aliphatic imine (C=N–C) groups is 1. The molecule has 0 bridgehead atoms. The van der Waals surface area contributed by atoms with Crippen molar-refractivity contribution in [3.8, 4) is 5.75 Å². The minimum Gasteiger partial charge on any atom is -0.492 e. The van der Waals surface area contributed by atoms with Gasteiger partial charge < -0.3 is 20.1 Å². The summed E-state index contributed by atoms with van der Waals surface area (Å²) >= 11 is 5.83. The van der Waals surface area contributed by atoms with Crippen molar-refractivity contribution in [3.63, 3.8) is 0 Å². The van der Waals surface area contributed by atoms with Crippen molar-refractivity contribution in [2.45, 2.75) is 25.4 Å². The van der Waals surface area contributed by atoms with Gasteiger partial charge in [0.25, 0.3) is 0 Å². The van der Waals surface area contributed by atoms with Crippen LogP contribution in [0.15, 0.2) is 29.3 Å². The summed E-state index contributed by atoms with van der Waals surface area (Å²) < 4.78 is 11.4. The zero-order valence-corrected chi connectivity index (χ0v) is 13.9. The van der Waals surface area contributed by atoms with Gasteiger partial charge in [-0.15, -0.1) is 0 Å². The van der Waals surface area contributed by atoms with E-state index >= 15 is 0 Å². The monoisotopic (exact) mass is 325 g/mol. The van der Waals surface area contributed by atoms with E-state index in [0.717, 1.165) is 37.7 Å². The number of benzene rings is 1. The van der Waals surface area contributed by atoms with Gasteiger partial charge in [-0.25, -0.2) is 0 Å². The van der Waals surface area contributed by atoms with E-state index < -0.39 is 0 Å². The molecule has 22 heavy (non-hydrogen) atoms. The van der Waals surface area contributed by atoms with Crippen LogP contribution < -0.4 is 15.4 Å². The number of ether oxygens (including phenoxy) is 2. The van der Waals surface area contributed by atoms with Crippen molar-refractivity contribution in [2.75, 3.05) is 33.4 Å². The van der Waals surface area contributed by atoms with Gasteiger partial charge in [-0.2, -0.15) is 0 Å². The van der Waals surface area contributed by atoms with E-state index in [-0.39, 0.29) is 5.60 Å². The Labute approximate surface area is 137 Å². The molecule has 1 aromatic carbocycles. The zero-order chi connectivity index (χ0) is 15.8. The predicted octanol–water partition coefficient (Wildman–Crippen LogP) is 2.45. The first-order valence-corrected chi connectivity index (χ1v) is 7.96. The van der Waals surface area contributed by atoms with Crippen molar-refractivity contribution in [3.05, 3.63) is 29.3 Å². The van der Waals surface area contributed by atoms with Crippen LogP contribution in [-0.4, -0.2) is 44.9 Å². The zero-order valence-electron chi connectivity index (χ0n) is 13.2. The quantitative estimate of drug-likeness (QED) is 0.479. The fourth-order valence-corrected chi connectivity index (χ4v) is 2.46. The molecule has 6 heteroatoms. The predicted molar refractivity (Wildman–Crippen MR) is 89.9 cm³/mol. The molecule has 1 fully saturated rings. The Morgan fingerprint density at radius 2 is 2.14 bits per heavy atom. The summed E-state index contributed by atoms with van der Waals surface area (Å²) in [6, 6.07) is 7.33. The highest BCUT2D eigenvalue weighted by atomic mass is 35.5. The Kier molecular flexibility index (Phi) is 6.34. The van der Waals surface area contributed by atoms with E-state index in [4.69, 9.17) is 21.1 Å². The van der Waals surface area contributed by atoms with Gasteiger partial charge in [0, 0.05) is 25.2 Å². The van der Waals surface area contributed by atoms with Gasteiger partial charge in [-0.05, 0) is 44.0 Å². The van der Waals surface area contributed by atoms with E-state index in [2.05, 4.69) is 22.5 Å². The molecule has 5 nitrogen and oxygen atoms in total.